The van der Waals surface area contributed by atoms with Crippen LogP contribution in [0, 0.1) is 24.5 Å². The topological polar surface area (TPSA) is 84.9 Å². The molecular weight excluding hydrogens is 453 g/mol. The van der Waals surface area contributed by atoms with E-state index in [0.29, 0.717) is 0 Å². The average Bonchev–Trinajstić information content (AvgIpc) is 3.12. The van der Waals surface area contributed by atoms with Crippen molar-refractivity contribution in [1.82, 2.24) is 5.32 Å². The zero-order valence-electron chi connectivity index (χ0n) is 20.9. The van der Waals surface area contributed by atoms with Gasteiger partial charge in [0.2, 0.25) is 0 Å². The highest BCUT2D eigenvalue weighted by atomic mass is 19.1. The van der Waals surface area contributed by atoms with Gasteiger partial charge in [-0.15, -0.1) is 0 Å². The van der Waals surface area contributed by atoms with Crippen LogP contribution in [0.5, 0.6) is 0 Å². The third-order valence-corrected chi connectivity index (χ3v) is 4.99. The number of ketones is 1. The van der Waals surface area contributed by atoms with Gasteiger partial charge in [-0.1, -0.05) is 13.8 Å². The summed E-state index contributed by atoms with van der Waals surface area (Å²) in [5.41, 5.74) is -1.57. The molecule has 1 aliphatic heterocycles. The highest BCUT2D eigenvalue weighted by molar-refractivity contribution is 6.06. The van der Waals surface area contributed by atoms with Gasteiger partial charge in [-0.25, -0.2) is 13.6 Å². The standard InChI is InChI=1S/C22H29F3N2O5.C2H6/c1-6-31-18(29)8-17(28)14-7-15(24)20(12(2)19(14)25)27-10-13(9-23)16(11-27)26-21(30)32-22(3,4)5;1-2/h7,13,16H,6,8-11H2,1-5H3,(H,26,30);1-2H3. The van der Waals surface area contributed by atoms with Gasteiger partial charge in [0.15, 0.2) is 5.78 Å². The van der Waals surface area contributed by atoms with Crippen molar-refractivity contribution < 1.29 is 37.0 Å². The number of carbonyl (C=O) groups is 3. The van der Waals surface area contributed by atoms with Crippen LogP contribution in [0.3, 0.4) is 0 Å². The first-order valence-corrected chi connectivity index (χ1v) is 11.4. The number of amides is 1. The molecule has 1 aromatic rings. The zero-order chi connectivity index (χ0) is 26.2. The number of anilines is 1. The lowest BCUT2D eigenvalue weighted by molar-refractivity contribution is -0.141. The molecule has 0 saturated carbocycles. The third kappa shape index (κ3) is 7.63. The quantitative estimate of drug-likeness (QED) is 0.339. The predicted octanol–water partition coefficient (Wildman–Crippen LogP) is 4.73. The van der Waals surface area contributed by atoms with Crippen molar-refractivity contribution in [3.8, 4) is 0 Å². The van der Waals surface area contributed by atoms with E-state index in [0.717, 1.165) is 6.07 Å². The Morgan fingerprint density at radius 2 is 1.79 bits per heavy atom. The average molecular weight is 489 g/mol. The van der Waals surface area contributed by atoms with Crippen LogP contribution in [0.2, 0.25) is 0 Å². The van der Waals surface area contributed by atoms with E-state index in [9.17, 15) is 27.6 Å². The molecule has 0 spiro atoms. The number of Topliss-reactive ketones (excluding diaryl/α,β-unsaturated/α-hetero) is 1. The van der Waals surface area contributed by atoms with E-state index in [1.54, 1.807) is 27.7 Å². The van der Waals surface area contributed by atoms with Crippen molar-refractivity contribution in [3.63, 3.8) is 0 Å². The van der Waals surface area contributed by atoms with Gasteiger partial charge in [0, 0.05) is 24.6 Å². The minimum absolute atomic E-state index is 0.0289. The molecule has 34 heavy (non-hydrogen) atoms. The molecule has 2 rings (SSSR count). The van der Waals surface area contributed by atoms with Gasteiger partial charge in [0.1, 0.15) is 23.7 Å². The predicted molar refractivity (Wildman–Crippen MR) is 123 cm³/mol. The van der Waals surface area contributed by atoms with Gasteiger partial charge >= 0.3 is 12.1 Å². The molecule has 1 aliphatic rings. The molecule has 1 saturated heterocycles. The molecule has 2 unspecified atom stereocenters. The van der Waals surface area contributed by atoms with Gasteiger partial charge in [-0.2, -0.15) is 0 Å². The Balaban J connectivity index is 0.00000281. The van der Waals surface area contributed by atoms with E-state index in [4.69, 9.17) is 4.74 Å². The van der Waals surface area contributed by atoms with Crippen LogP contribution < -0.4 is 10.2 Å². The second kappa shape index (κ2) is 12.6. The van der Waals surface area contributed by atoms with Crippen LogP contribution in [0.15, 0.2) is 6.07 Å². The highest BCUT2D eigenvalue weighted by Gasteiger charge is 2.37. The number of carbonyl (C=O) groups excluding carboxylic acids is 3. The number of hydrogen-bond acceptors (Lipinski definition) is 6. The maximum Gasteiger partial charge on any atom is 0.407 e. The number of rotatable bonds is 7. The number of alkyl halides is 1. The molecule has 0 bridgehead atoms. The molecule has 1 aromatic carbocycles. The van der Waals surface area contributed by atoms with Crippen LogP contribution in [0.1, 0.15) is 63.9 Å². The molecule has 0 aromatic heterocycles. The van der Waals surface area contributed by atoms with Gasteiger partial charge < -0.3 is 19.7 Å². The van der Waals surface area contributed by atoms with Crippen molar-refractivity contribution >= 4 is 23.5 Å². The second-order valence-electron chi connectivity index (χ2n) is 8.67. The lowest BCUT2D eigenvalue weighted by atomic mass is 10.0. The maximum absolute atomic E-state index is 14.9. The van der Waals surface area contributed by atoms with Crippen molar-refractivity contribution in [2.24, 2.45) is 5.92 Å². The summed E-state index contributed by atoms with van der Waals surface area (Å²) in [4.78, 5) is 37.3. The normalized spacial score (nSPS) is 17.5. The Morgan fingerprint density at radius 1 is 1.18 bits per heavy atom. The van der Waals surface area contributed by atoms with Crippen LogP contribution >= 0.6 is 0 Å². The molecule has 1 amide bonds. The summed E-state index contributed by atoms with van der Waals surface area (Å²) in [5.74, 6) is -4.24. The van der Waals surface area contributed by atoms with E-state index in [2.05, 4.69) is 10.1 Å². The summed E-state index contributed by atoms with van der Waals surface area (Å²) >= 11 is 0. The molecular formula is C24H35F3N2O5. The molecule has 192 valence electrons. The smallest absolute Gasteiger partial charge is 0.407 e. The van der Waals surface area contributed by atoms with E-state index < -0.39 is 65.7 Å². The summed E-state index contributed by atoms with van der Waals surface area (Å²) in [6.07, 6.45) is -1.44. The van der Waals surface area contributed by atoms with E-state index in [1.807, 2.05) is 13.8 Å². The van der Waals surface area contributed by atoms with Crippen LogP contribution in [-0.4, -0.2) is 55.9 Å². The first kappa shape index (κ1) is 29.3. The van der Waals surface area contributed by atoms with Crippen molar-refractivity contribution in [3.05, 3.63) is 28.8 Å². The molecule has 10 heteroatoms. The van der Waals surface area contributed by atoms with Gasteiger partial charge in [-0.3, -0.25) is 14.0 Å². The van der Waals surface area contributed by atoms with E-state index in [-0.39, 0.29) is 30.9 Å². The Kier molecular flexibility index (Phi) is 10.9. The summed E-state index contributed by atoms with van der Waals surface area (Å²) in [5, 5.41) is 2.59. The molecule has 1 N–H and O–H groups in total. The number of benzene rings is 1. The van der Waals surface area contributed by atoms with E-state index >= 15 is 0 Å². The van der Waals surface area contributed by atoms with Crippen molar-refractivity contribution in [2.45, 2.75) is 66.5 Å². The largest absolute Gasteiger partial charge is 0.466 e. The second-order valence-corrected chi connectivity index (χ2v) is 8.67. The number of hydrogen-bond donors (Lipinski definition) is 1. The third-order valence-electron chi connectivity index (χ3n) is 4.99. The number of ether oxygens (including phenoxy) is 2. The van der Waals surface area contributed by atoms with Crippen LogP contribution in [0.25, 0.3) is 0 Å². The highest BCUT2D eigenvalue weighted by Crippen LogP contribution is 2.33. The summed E-state index contributed by atoms with van der Waals surface area (Å²) in [6.45, 7) is 11.3. The number of nitrogens with one attached hydrogen (secondary N) is 1. The Bertz CT molecular complexity index is 886. The SMILES string of the molecule is CC.CCOC(=O)CC(=O)c1cc(F)c(N2CC(CF)C(NC(=O)OC(C)(C)C)C2)c(C)c1F. The molecule has 0 aliphatic carbocycles. The van der Waals surface area contributed by atoms with Gasteiger partial charge in [-0.05, 0) is 40.7 Å². The van der Waals surface area contributed by atoms with Crippen molar-refractivity contribution in [1.29, 1.82) is 0 Å². The minimum Gasteiger partial charge on any atom is -0.466 e. The van der Waals surface area contributed by atoms with Gasteiger partial charge in [0.05, 0.1) is 30.6 Å². The fourth-order valence-corrected chi connectivity index (χ4v) is 3.61. The number of halogens is 3. The fourth-order valence-electron chi connectivity index (χ4n) is 3.61. The van der Waals surface area contributed by atoms with Crippen LogP contribution in [0.4, 0.5) is 23.7 Å². The summed E-state index contributed by atoms with van der Waals surface area (Å²) < 4.78 is 53.3. The monoisotopic (exact) mass is 488 g/mol. The molecule has 2 atom stereocenters. The molecule has 1 heterocycles. The molecule has 7 nitrogen and oxygen atoms in total. The lowest BCUT2D eigenvalue weighted by Crippen LogP contribution is -2.43. The fraction of sp³-hybridized carbons (Fsp3) is 0.625. The Hall–Kier alpha value is -2.78. The maximum atomic E-state index is 14.9. The number of alkyl carbamates (subject to hydrolysis) is 1. The van der Waals surface area contributed by atoms with Crippen molar-refractivity contribution in [2.75, 3.05) is 31.3 Å². The summed E-state index contributed by atoms with van der Waals surface area (Å²) in [7, 11) is 0. The Morgan fingerprint density at radius 3 is 2.32 bits per heavy atom. The molecule has 0 radical (unpaired) electrons. The number of nitrogens with zero attached hydrogens (tertiary/aromatic N) is 1. The van der Waals surface area contributed by atoms with Gasteiger partial charge in [0.25, 0.3) is 0 Å². The first-order chi connectivity index (χ1) is 15.9. The zero-order valence-corrected chi connectivity index (χ0v) is 20.9. The van der Waals surface area contributed by atoms with E-state index in [1.165, 1.54) is 11.8 Å². The summed E-state index contributed by atoms with van der Waals surface area (Å²) in [6, 6.07) is 0.0556. The first-order valence-electron chi connectivity index (χ1n) is 11.4. The number of esters is 1. The minimum atomic E-state index is -0.962. The van der Waals surface area contributed by atoms with Crippen LogP contribution in [-0.2, 0) is 14.3 Å². The Labute approximate surface area is 199 Å². The molecule has 1 fully saturated rings. The lowest BCUT2D eigenvalue weighted by Gasteiger charge is -2.24.